The van der Waals surface area contributed by atoms with Crippen molar-refractivity contribution in [3.63, 3.8) is 0 Å². The second-order valence-electron chi connectivity index (χ2n) is 3.94. The lowest BCUT2D eigenvalue weighted by atomic mass is 9.95. The van der Waals surface area contributed by atoms with Gasteiger partial charge in [-0.3, -0.25) is 4.79 Å². The topological polar surface area (TPSA) is 17.1 Å². The molecule has 0 saturated heterocycles. The zero-order valence-electron chi connectivity index (χ0n) is 8.22. The van der Waals surface area contributed by atoms with E-state index >= 15 is 0 Å². The lowest BCUT2D eigenvalue weighted by Crippen LogP contribution is -2.05. The second-order valence-corrected chi connectivity index (χ2v) is 4.79. The van der Waals surface area contributed by atoms with Crippen molar-refractivity contribution in [2.75, 3.05) is 0 Å². The van der Waals surface area contributed by atoms with Crippen molar-refractivity contribution in [2.45, 2.75) is 32.1 Å². The summed E-state index contributed by atoms with van der Waals surface area (Å²) in [6.45, 7) is 2.06. The molecule has 0 amide bonds. The molecule has 1 fully saturated rings. The maximum Gasteiger partial charge on any atom is 0.140 e. The molecule has 0 aromatic heterocycles. The Bertz CT molecular complexity index is 371. The van der Waals surface area contributed by atoms with Gasteiger partial charge >= 0.3 is 0 Å². The Morgan fingerprint density at radius 1 is 1.43 bits per heavy atom. The number of Topliss-reactive ketones (excluding diaryl/α,β-unsaturated/α-hetero) is 1. The maximum absolute atomic E-state index is 11.6. The molecule has 1 aliphatic rings. The van der Waals surface area contributed by atoms with Crippen LogP contribution in [0, 0.1) is 6.92 Å². The Morgan fingerprint density at radius 3 is 2.86 bits per heavy atom. The first-order valence-electron chi connectivity index (χ1n) is 4.97. The zero-order chi connectivity index (χ0) is 10.1. The summed E-state index contributed by atoms with van der Waals surface area (Å²) < 4.78 is 1.07. The summed E-state index contributed by atoms with van der Waals surface area (Å²) in [5, 5.41) is 0. The first-order valence-corrected chi connectivity index (χ1v) is 5.76. The van der Waals surface area contributed by atoms with E-state index in [0.717, 1.165) is 23.7 Å². The second kappa shape index (κ2) is 3.85. The molecule has 1 aromatic rings. The Morgan fingerprint density at radius 2 is 2.21 bits per heavy atom. The molecule has 0 radical (unpaired) electrons. The number of hydrogen-bond donors (Lipinski definition) is 0. The number of aryl methyl sites for hydroxylation is 1. The number of carbonyl (C=O) groups is 1. The van der Waals surface area contributed by atoms with Gasteiger partial charge in [0.25, 0.3) is 0 Å². The molecule has 1 aliphatic carbocycles. The lowest BCUT2D eigenvalue weighted by molar-refractivity contribution is -0.118. The number of ketones is 1. The van der Waals surface area contributed by atoms with E-state index in [1.807, 2.05) is 6.07 Å². The van der Waals surface area contributed by atoms with E-state index in [1.54, 1.807) is 0 Å². The number of rotatable bonds is 1. The highest BCUT2D eigenvalue weighted by Gasteiger charge is 2.27. The highest BCUT2D eigenvalue weighted by atomic mass is 79.9. The van der Waals surface area contributed by atoms with Crippen molar-refractivity contribution >= 4 is 21.7 Å². The predicted octanol–water partition coefficient (Wildman–Crippen LogP) is 3.59. The minimum atomic E-state index is 0.143. The van der Waals surface area contributed by atoms with Crippen LogP contribution in [-0.2, 0) is 4.79 Å². The van der Waals surface area contributed by atoms with Crippen LogP contribution >= 0.6 is 15.9 Å². The van der Waals surface area contributed by atoms with Crippen LogP contribution in [0.4, 0.5) is 0 Å². The molecule has 0 bridgehead atoms. The van der Waals surface area contributed by atoms with E-state index in [1.165, 1.54) is 11.1 Å². The van der Waals surface area contributed by atoms with Gasteiger partial charge < -0.3 is 0 Å². The average molecular weight is 253 g/mol. The number of benzene rings is 1. The van der Waals surface area contributed by atoms with E-state index in [2.05, 4.69) is 35.0 Å². The first kappa shape index (κ1) is 9.91. The van der Waals surface area contributed by atoms with Gasteiger partial charge in [0.2, 0.25) is 0 Å². The van der Waals surface area contributed by atoms with Crippen LogP contribution in [0.3, 0.4) is 0 Å². The lowest BCUT2D eigenvalue weighted by Gasteiger charge is -2.11. The number of halogens is 1. The maximum atomic E-state index is 11.6. The van der Waals surface area contributed by atoms with Gasteiger partial charge in [-0.25, -0.2) is 0 Å². The van der Waals surface area contributed by atoms with Gasteiger partial charge in [0, 0.05) is 16.8 Å². The molecule has 1 aromatic carbocycles. The summed E-state index contributed by atoms with van der Waals surface area (Å²) in [6.07, 6.45) is 2.82. The van der Waals surface area contributed by atoms with Crippen LogP contribution in [0.1, 0.15) is 36.3 Å². The molecule has 1 saturated carbocycles. The van der Waals surface area contributed by atoms with Gasteiger partial charge in [0.15, 0.2) is 0 Å². The SMILES string of the molecule is Cc1ccc(Br)c(C2CCCC2=O)c1. The fourth-order valence-corrected chi connectivity index (χ4v) is 2.60. The molecule has 2 rings (SSSR count). The van der Waals surface area contributed by atoms with Gasteiger partial charge in [-0.05, 0) is 31.4 Å². The van der Waals surface area contributed by atoms with Crippen molar-refractivity contribution in [3.05, 3.63) is 33.8 Å². The summed E-state index contributed by atoms with van der Waals surface area (Å²) in [5.74, 6) is 0.542. The van der Waals surface area contributed by atoms with Crippen LogP contribution in [0.5, 0.6) is 0 Å². The Kier molecular flexibility index (Phi) is 2.73. The normalized spacial score (nSPS) is 21.6. The van der Waals surface area contributed by atoms with Crippen molar-refractivity contribution in [2.24, 2.45) is 0 Å². The minimum Gasteiger partial charge on any atom is -0.299 e. The van der Waals surface area contributed by atoms with Gasteiger partial charge in [0.05, 0.1) is 0 Å². The van der Waals surface area contributed by atoms with E-state index in [4.69, 9.17) is 0 Å². The molecule has 1 atom stereocenters. The Balaban J connectivity index is 2.39. The summed E-state index contributed by atoms with van der Waals surface area (Å²) >= 11 is 3.52. The van der Waals surface area contributed by atoms with Gasteiger partial charge in [-0.1, -0.05) is 33.6 Å². The Labute approximate surface area is 92.6 Å². The molecular weight excluding hydrogens is 240 g/mol. The predicted molar refractivity (Wildman–Crippen MR) is 60.5 cm³/mol. The molecular formula is C12H13BrO. The van der Waals surface area contributed by atoms with E-state index in [9.17, 15) is 4.79 Å². The average Bonchev–Trinajstić information content (AvgIpc) is 2.56. The molecule has 74 valence electrons. The molecule has 0 heterocycles. The van der Waals surface area contributed by atoms with Crippen LogP contribution in [0.25, 0.3) is 0 Å². The van der Waals surface area contributed by atoms with E-state index < -0.39 is 0 Å². The van der Waals surface area contributed by atoms with E-state index in [0.29, 0.717) is 5.78 Å². The van der Waals surface area contributed by atoms with Crippen molar-refractivity contribution in [1.29, 1.82) is 0 Å². The summed E-state index contributed by atoms with van der Waals surface area (Å²) in [4.78, 5) is 11.6. The summed E-state index contributed by atoms with van der Waals surface area (Å²) in [7, 11) is 0. The third-order valence-electron chi connectivity index (χ3n) is 2.83. The fraction of sp³-hybridized carbons (Fsp3) is 0.417. The largest absolute Gasteiger partial charge is 0.299 e. The van der Waals surface area contributed by atoms with Crippen molar-refractivity contribution in [1.82, 2.24) is 0 Å². The zero-order valence-corrected chi connectivity index (χ0v) is 9.80. The molecule has 0 N–H and O–H groups in total. The van der Waals surface area contributed by atoms with Gasteiger partial charge in [-0.15, -0.1) is 0 Å². The molecule has 1 nitrogen and oxygen atoms in total. The van der Waals surface area contributed by atoms with Crippen molar-refractivity contribution in [3.8, 4) is 0 Å². The van der Waals surface area contributed by atoms with Crippen LogP contribution in [-0.4, -0.2) is 5.78 Å². The standard InChI is InChI=1S/C12H13BrO/c1-8-5-6-11(13)10(7-8)9-3-2-4-12(9)14/h5-7,9H,2-4H2,1H3. The smallest absolute Gasteiger partial charge is 0.140 e. The molecule has 0 aliphatic heterocycles. The first-order chi connectivity index (χ1) is 6.68. The third-order valence-corrected chi connectivity index (χ3v) is 3.55. The van der Waals surface area contributed by atoms with Crippen molar-refractivity contribution < 1.29 is 4.79 Å². The third kappa shape index (κ3) is 1.76. The molecule has 2 heteroatoms. The fourth-order valence-electron chi connectivity index (χ4n) is 2.07. The summed E-state index contributed by atoms with van der Waals surface area (Å²) in [6, 6.07) is 6.22. The van der Waals surface area contributed by atoms with Crippen LogP contribution < -0.4 is 0 Å². The monoisotopic (exact) mass is 252 g/mol. The number of carbonyl (C=O) groups excluding carboxylic acids is 1. The van der Waals surface area contributed by atoms with Gasteiger partial charge in [-0.2, -0.15) is 0 Å². The van der Waals surface area contributed by atoms with Crippen LogP contribution in [0.15, 0.2) is 22.7 Å². The van der Waals surface area contributed by atoms with E-state index in [-0.39, 0.29) is 5.92 Å². The van der Waals surface area contributed by atoms with Gasteiger partial charge in [0.1, 0.15) is 5.78 Å². The quantitative estimate of drug-likeness (QED) is 0.747. The molecule has 14 heavy (non-hydrogen) atoms. The number of hydrogen-bond acceptors (Lipinski definition) is 1. The van der Waals surface area contributed by atoms with Crippen LogP contribution in [0.2, 0.25) is 0 Å². The summed E-state index contributed by atoms with van der Waals surface area (Å²) in [5.41, 5.74) is 2.40. The Hall–Kier alpha value is -0.630. The molecule has 1 unspecified atom stereocenters. The minimum absolute atomic E-state index is 0.143. The highest BCUT2D eigenvalue weighted by molar-refractivity contribution is 9.10. The molecule has 0 spiro atoms. The highest BCUT2D eigenvalue weighted by Crippen LogP contribution is 2.35.